The Morgan fingerprint density at radius 3 is 2.68 bits per heavy atom. The summed E-state index contributed by atoms with van der Waals surface area (Å²) < 4.78 is 10.8. The Balaban J connectivity index is 1.69. The van der Waals surface area contributed by atoms with Crippen LogP contribution in [-0.2, 0) is 0 Å². The zero-order chi connectivity index (χ0) is 18.0. The van der Waals surface area contributed by atoms with E-state index >= 15 is 0 Å². The van der Waals surface area contributed by atoms with E-state index in [4.69, 9.17) is 9.47 Å². The van der Waals surface area contributed by atoms with Gasteiger partial charge in [-0.1, -0.05) is 6.07 Å². The van der Waals surface area contributed by atoms with Crippen LogP contribution < -0.4 is 14.8 Å². The number of hydrogen-bond acceptors (Lipinski definition) is 6. The number of benzene rings is 1. The molecule has 1 aromatic heterocycles. The average molecular weight is 360 g/mol. The maximum Gasteiger partial charge on any atom is 0.252 e. The van der Waals surface area contributed by atoms with E-state index in [-0.39, 0.29) is 24.5 Å². The molecule has 1 N–H and O–H groups in total. The van der Waals surface area contributed by atoms with Crippen molar-refractivity contribution < 1.29 is 19.1 Å². The zero-order valence-corrected chi connectivity index (χ0v) is 15.2. The van der Waals surface area contributed by atoms with E-state index in [0.717, 1.165) is 17.1 Å². The number of carbonyl (C=O) groups is 2. The summed E-state index contributed by atoms with van der Waals surface area (Å²) in [6.45, 7) is 2.17. The quantitative estimate of drug-likeness (QED) is 0.802. The van der Waals surface area contributed by atoms with Crippen molar-refractivity contribution in [2.75, 3.05) is 27.4 Å². The molecule has 0 aliphatic carbocycles. The molecule has 0 radical (unpaired) electrons. The van der Waals surface area contributed by atoms with Gasteiger partial charge in [0.25, 0.3) is 5.91 Å². The summed E-state index contributed by atoms with van der Waals surface area (Å²) in [5, 5.41) is 4.65. The van der Waals surface area contributed by atoms with Crippen molar-refractivity contribution in [1.29, 1.82) is 0 Å². The Kier molecular flexibility index (Phi) is 5.06. The van der Waals surface area contributed by atoms with Crippen LogP contribution >= 0.6 is 11.3 Å². The van der Waals surface area contributed by atoms with E-state index in [1.54, 1.807) is 11.4 Å². The molecule has 1 aromatic carbocycles. The topological polar surface area (TPSA) is 67.9 Å². The molecule has 0 saturated heterocycles. The molecule has 1 unspecified atom stereocenters. The van der Waals surface area contributed by atoms with E-state index < -0.39 is 0 Å². The Hall–Kier alpha value is -2.38. The normalized spacial score (nSPS) is 13.8. The van der Waals surface area contributed by atoms with Crippen molar-refractivity contribution in [3.8, 4) is 11.5 Å². The molecule has 1 atom stereocenters. The van der Waals surface area contributed by atoms with Crippen LogP contribution in [0.3, 0.4) is 0 Å². The van der Waals surface area contributed by atoms with Crippen molar-refractivity contribution in [3.05, 3.63) is 45.6 Å². The maximum atomic E-state index is 12.3. The lowest BCUT2D eigenvalue weighted by molar-refractivity contribution is 0.0942. The van der Waals surface area contributed by atoms with Gasteiger partial charge in [0.1, 0.15) is 0 Å². The number of nitrogens with zero attached hydrogens (tertiary/aromatic N) is 1. The lowest BCUT2D eigenvalue weighted by Gasteiger charge is -2.25. The third kappa shape index (κ3) is 3.83. The molecule has 2 aromatic rings. The minimum absolute atomic E-state index is 0.00985. The molecule has 7 heteroatoms. The molecule has 1 aliphatic rings. The predicted molar refractivity (Wildman–Crippen MR) is 95.6 cm³/mol. The van der Waals surface area contributed by atoms with Crippen LogP contribution in [0.2, 0.25) is 0 Å². The van der Waals surface area contributed by atoms with E-state index in [1.165, 1.54) is 18.3 Å². The average Bonchev–Trinajstić information content (AvgIpc) is 3.23. The van der Waals surface area contributed by atoms with Crippen LogP contribution in [0.4, 0.5) is 0 Å². The minimum atomic E-state index is -0.184. The first-order valence-corrected chi connectivity index (χ1v) is 8.77. The molecule has 1 aliphatic heterocycles. The number of ketones is 1. The fourth-order valence-corrected chi connectivity index (χ4v) is 3.44. The van der Waals surface area contributed by atoms with Crippen molar-refractivity contribution >= 4 is 23.0 Å². The van der Waals surface area contributed by atoms with Crippen molar-refractivity contribution in [2.24, 2.45) is 0 Å². The lowest BCUT2D eigenvalue weighted by Crippen LogP contribution is -2.34. The number of amides is 1. The second kappa shape index (κ2) is 7.25. The molecule has 0 saturated carbocycles. The highest BCUT2D eigenvalue weighted by molar-refractivity contribution is 7.12. The van der Waals surface area contributed by atoms with Gasteiger partial charge in [-0.05, 0) is 44.8 Å². The molecule has 25 heavy (non-hydrogen) atoms. The highest BCUT2D eigenvalue weighted by Crippen LogP contribution is 2.35. The number of ether oxygens (including phenoxy) is 2. The highest BCUT2D eigenvalue weighted by atomic mass is 32.1. The summed E-state index contributed by atoms with van der Waals surface area (Å²) in [6.07, 6.45) is 0. The molecule has 0 spiro atoms. The summed E-state index contributed by atoms with van der Waals surface area (Å²) in [5.41, 5.74) is 1.54. The number of Topliss-reactive ketones (excluding diaryl/α,β-unsaturated/α-hetero) is 1. The fraction of sp³-hybridized carbons (Fsp3) is 0.333. The largest absolute Gasteiger partial charge is 0.454 e. The number of thiophene rings is 1. The van der Waals surface area contributed by atoms with Gasteiger partial charge in [0.05, 0.1) is 16.5 Å². The van der Waals surface area contributed by atoms with Crippen LogP contribution in [0.25, 0.3) is 0 Å². The van der Waals surface area contributed by atoms with E-state index in [9.17, 15) is 9.59 Å². The Labute approximate surface area is 150 Å². The summed E-state index contributed by atoms with van der Waals surface area (Å²) in [7, 11) is 3.92. The lowest BCUT2D eigenvalue weighted by atomic mass is 10.0. The summed E-state index contributed by atoms with van der Waals surface area (Å²) >= 11 is 1.29. The SMILES string of the molecule is CC(=O)c1cc(C(=O)NCC(c2ccc3c(c2)OCO3)N(C)C)cs1. The number of rotatable bonds is 6. The van der Waals surface area contributed by atoms with E-state index in [0.29, 0.717) is 17.0 Å². The third-order valence-electron chi connectivity index (χ3n) is 4.07. The van der Waals surface area contributed by atoms with E-state index in [2.05, 4.69) is 5.32 Å². The van der Waals surface area contributed by atoms with Crippen LogP contribution in [0, 0.1) is 0 Å². The van der Waals surface area contributed by atoms with Gasteiger partial charge in [0.2, 0.25) is 6.79 Å². The number of likely N-dealkylation sites (N-methyl/N-ethyl adjacent to an activating group) is 1. The van der Waals surface area contributed by atoms with Gasteiger partial charge in [-0.3, -0.25) is 9.59 Å². The molecule has 6 nitrogen and oxygen atoms in total. The molecule has 1 amide bonds. The fourth-order valence-electron chi connectivity index (χ4n) is 2.65. The Morgan fingerprint density at radius 2 is 2.00 bits per heavy atom. The van der Waals surface area contributed by atoms with Gasteiger partial charge >= 0.3 is 0 Å². The van der Waals surface area contributed by atoms with Crippen LogP contribution in [-0.4, -0.2) is 44.0 Å². The monoisotopic (exact) mass is 360 g/mol. The maximum absolute atomic E-state index is 12.3. The van der Waals surface area contributed by atoms with Gasteiger partial charge in [0, 0.05) is 11.9 Å². The first-order valence-electron chi connectivity index (χ1n) is 7.89. The van der Waals surface area contributed by atoms with Crippen LogP contribution in [0.5, 0.6) is 11.5 Å². The molecule has 2 heterocycles. The first-order chi connectivity index (χ1) is 12.0. The predicted octanol–water partition coefficient (Wildman–Crippen LogP) is 2.71. The van der Waals surface area contributed by atoms with Gasteiger partial charge in [0.15, 0.2) is 17.3 Å². The Morgan fingerprint density at radius 1 is 1.24 bits per heavy atom. The van der Waals surface area contributed by atoms with Gasteiger partial charge in [-0.25, -0.2) is 0 Å². The molecular weight excluding hydrogens is 340 g/mol. The van der Waals surface area contributed by atoms with E-state index in [1.807, 2.05) is 37.2 Å². The smallest absolute Gasteiger partial charge is 0.252 e. The number of hydrogen-bond donors (Lipinski definition) is 1. The third-order valence-corrected chi connectivity index (χ3v) is 5.10. The second-order valence-corrected chi connectivity index (χ2v) is 6.97. The minimum Gasteiger partial charge on any atom is -0.454 e. The second-order valence-electron chi connectivity index (χ2n) is 6.06. The summed E-state index contributed by atoms with van der Waals surface area (Å²) in [4.78, 5) is 26.3. The van der Waals surface area contributed by atoms with Gasteiger partial charge in [-0.2, -0.15) is 0 Å². The van der Waals surface area contributed by atoms with Crippen molar-refractivity contribution in [2.45, 2.75) is 13.0 Å². The molecular formula is C18H20N2O4S. The standard InChI is InChI=1S/C18H20N2O4S/c1-11(21)17-7-13(9-25-17)18(22)19-8-14(20(2)3)12-4-5-15-16(6-12)24-10-23-15/h4-7,9,14H,8,10H2,1-3H3,(H,19,22). The highest BCUT2D eigenvalue weighted by Gasteiger charge is 2.20. The summed E-state index contributed by atoms with van der Waals surface area (Å²) in [5.74, 6) is 1.24. The van der Waals surface area contributed by atoms with Crippen molar-refractivity contribution in [1.82, 2.24) is 10.2 Å². The van der Waals surface area contributed by atoms with Crippen LogP contribution in [0.1, 0.15) is 38.6 Å². The van der Waals surface area contributed by atoms with Gasteiger partial charge < -0.3 is 19.7 Å². The molecule has 0 fully saturated rings. The summed E-state index contributed by atoms with van der Waals surface area (Å²) in [6, 6.07) is 7.42. The zero-order valence-electron chi connectivity index (χ0n) is 14.4. The number of nitrogens with one attached hydrogen (secondary N) is 1. The van der Waals surface area contributed by atoms with Crippen molar-refractivity contribution in [3.63, 3.8) is 0 Å². The molecule has 132 valence electrons. The Bertz CT molecular complexity index is 800. The molecule has 3 rings (SSSR count). The number of fused-ring (bicyclic) bond motifs is 1. The van der Waals surface area contributed by atoms with Crippen LogP contribution in [0.15, 0.2) is 29.6 Å². The molecule has 0 bridgehead atoms. The van der Waals surface area contributed by atoms with Gasteiger partial charge in [-0.15, -0.1) is 11.3 Å². The number of carbonyl (C=O) groups excluding carboxylic acids is 2. The first kappa shape index (κ1) is 17.4.